The highest BCUT2D eigenvalue weighted by molar-refractivity contribution is 5.69. The summed E-state index contributed by atoms with van der Waals surface area (Å²) in [6.07, 6.45) is 30.8. The molecular weight excluding hydrogens is 528 g/mol. The summed E-state index contributed by atoms with van der Waals surface area (Å²) in [4.78, 5) is 23.8. The zero-order valence-corrected chi connectivity index (χ0v) is 27.3. The summed E-state index contributed by atoms with van der Waals surface area (Å²) >= 11 is 0. The molecule has 0 fully saturated rings. The zero-order valence-electron chi connectivity index (χ0n) is 27.3. The maximum absolute atomic E-state index is 11.9. The minimum atomic E-state index is -0.993. The Kier molecular flexibility index (Phi) is 29.1. The lowest BCUT2D eigenvalue weighted by Gasteiger charge is -2.12. The number of unbranched alkanes of at least 4 members (excludes halogenated alkanes) is 12. The monoisotopic (exact) mass is 592 g/mol. The third-order valence-electron chi connectivity index (χ3n) is 7.17. The second-order valence-electron chi connectivity index (χ2n) is 11.9. The van der Waals surface area contributed by atoms with Gasteiger partial charge >= 0.3 is 11.9 Å². The summed E-state index contributed by atoms with van der Waals surface area (Å²) in [5.74, 6) is 0.169. The number of hydrogen-bond acceptors (Lipinski definition) is 6. The van der Waals surface area contributed by atoms with Gasteiger partial charge in [0.05, 0.1) is 6.10 Å². The van der Waals surface area contributed by atoms with Gasteiger partial charge in [-0.2, -0.15) is 0 Å². The number of carbonyl (C=O) groups is 2. The third-order valence-corrected chi connectivity index (χ3v) is 7.17. The number of rotatable bonds is 29. The van der Waals surface area contributed by atoms with Crippen molar-refractivity contribution in [1.29, 1.82) is 0 Å². The van der Waals surface area contributed by atoms with Crippen molar-refractivity contribution in [2.45, 2.75) is 161 Å². The summed E-state index contributed by atoms with van der Waals surface area (Å²) in [7, 11) is 0. The van der Waals surface area contributed by atoms with Crippen LogP contribution in [0, 0.1) is 5.92 Å². The van der Waals surface area contributed by atoms with Gasteiger partial charge in [-0.1, -0.05) is 141 Å². The van der Waals surface area contributed by atoms with Crippen molar-refractivity contribution >= 4 is 11.9 Å². The van der Waals surface area contributed by atoms with E-state index in [0.717, 1.165) is 76.5 Å². The molecule has 2 atom stereocenters. The van der Waals surface area contributed by atoms with Gasteiger partial charge in [0, 0.05) is 12.8 Å². The molecule has 0 radical (unpaired) electrons. The lowest BCUT2D eigenvalue weighted by atomic mass is 10.0. The van der Waals surface area contributed by atoms with Crippen molar-refractivity contribution < 1.29 is 29.3 Å². The quantitative estimate of drug-likeness (QED) is 0.0390. The molecule has 0 aliphatic carbocycles. The van der Waals surface area contributed by atoms with Crippen LogP contribution in [-0.4, -0.2) is 47.6 Å². The highest BCUT2D eigenvalue weighted by Crippen LogP contribution is 2.14. The van der Waals surface area contributed by atoms with Crippen LogP contribution in [0.4, 0.5) is 0 Å². The van der Waals surface area contributed by atoms with Gasteiger partial charge in [0.15, 0.2) is 0 Å². The standard InChI is InChI=1S/C36H64O6/c1-4-5-6-7-11-16-21-26-33(37)27-22-17-14-19-24-29-36(40)42-31-34(38)30-41-35(39)28-23-18-13-10-8-9-12-15-20-25-32(2)3/h5-6,11,16,21,26,32-34,37-38H,4,7-10,12-15,17-20,22-25,27-31H2,1-3H3/b6-5+,16-11+,26-21+/t33?,34-/m1/s1. The number of aliphatic hydroxyl groups is 2. The van der Waals surface area contributed by atoms with Gasteiger partial charge in [0.25, 0.3) is 0 Å². The second kappa shape index (κ2) is 30.5. The number of esters is 2. The fraction of sp³-hybridized carbons (Fsp3) is 0.778. The van der Waals surface area contributed by atoms with Crippen LogP contribution in [0.3, 0.4) is 0 Å². The van der Waals surface area contributed by atoms with Gasteiger partial charge in [0.2, 0.25) is 0 Å². The predicted molar refractivity (Wildman–Crippen MR) is 174 cm³/mol. The zero-order chi connectivity index (χ0) is 31.1. The number of ether oxygens (including phenoxy) is 2. The lowest BCUT2D eigenvalue weighted by molar-refractivity contribution is -0.152. The van der Waals surface area contributed by atoms with E-state index in [2.05, 4.69) is 39.0 Å². The van der Waals surface area contributed by atoms with E-state index in [1.54, 1.807) is 0 Å². The molecule has 0 amide bonds. The fourth-order valence-electron chi connectivity index (χ4n) is 4.57. The Hall–Kier alpha value is -1.92. The largest absolute Gasteiger partial charge is 0.463 e. The van der Waals surface area contributed by atoms with Crippen molar-refractivity contribution in [3.05, 3.63) is 36.5 Å². The van der Waals surface area contributed by atoms with Gasteiger partial charge in [-0.05, 0) is 38.0 Å². The van der Waals surface area contributed by atoms with Crippen LogP contribution >= 0.6 is 0 Å². The van der Waals surface area contributed by atoms with Gasteiger partial charge in [-0.15, -0.1) is 0 Å². The van der Waals surface area contributed by atoms with Crippen molar-refractivity contribution in [3.63, 3.8) is 0 Å². The molecule has 0 aromatic heterocycles. The molecule has 0 aromatic carbocycles. The molecule has 0 aliphatic rings. The predicted octanol–water partition coefficient (Wildman–Crippen LogP) is 8.94. The molecular formula is C36H64O6. The molecule has 6 nitrogen and oxygen atoms in total. The smallest absolute Gasteiger partial charge is 0.305 e. The molecule has 0 heterocycles. The average Bonchev–Trinajstić information content (AvgIpc) is 2.96. The first kappa shape index (κ1) is 40.1. The normalized spacial score (nSPS) is 13.5. The summed E-state index contributed by atoms with van der Waals surface area (Å²) < 4.78 is 10.2. The summed E-state index contributed by atoms with van der Waals surface area (Å²) in [5, 5.41) is 20.0. The van der Waals surface area contributed by atoms with Crippen LogP contribution in [0.5, 0.6) is 0 Å². The van der Waals surface area contributed by atoms with E-state index >= 15 is 0 Å². The molecule has 0 aliphatic heterocycles. The first-order chi connectivity index (χ1) is 20.3. The van der Waals surface area contributed by atoms with Gasteiger partial charge in [-0.25, -0.2) is 0 Å². The van der Waals surface area contributed by atoms with Crippen LogP contribution in [0.2, 0.25) is 0 Å². The van der Waals surface area contributed by atoms with Gasteiger partial charge in [0.1, 0.15) is 19.3 Å². The van der Waals surface area contributed by atoms with Gasteiger partial charge in [-0.3, -0.25) is 9.59 Å². The van der Waals surface area contributed by atoms with Crippen molar-refractivity contribution in [3.8, 4) is 0 Å². The van der Waals surface area contributed by atoms with E-state index in [-0.39, 0.29) is 25.2 Å². The molecule has 0 spiro atoms. The number of aliphatic hydroxyl groups excluding tert-OH is 2. The van der Waals surface area contributed by atoms with Crippen LogP contribution in [0.15, 0.2) is 36.5 Å². The van der Waals surface area contributed by atoms with E-state index < -0.39 is 12.2 Å². The highest BCUT2D eigenvalue weighted by atomic mass is 16.6. The third kappa shape index (κ3) is 31.0. The Morgan fingerprint density at radius 1 is 0.619 bits per heavy atom. The molecule has 2 N–H and O–H groups in total. The Morgan fingerprint density at radius 2 is 1.10 bits per heavy atom. The molecule has 1 unspecified atom stereocenters. The van der Waals surface area contributed by atoms with E-state index in [0.29, 0.717) is 12.8 Å². The van der Waals surface area contributed by atoms with Crippen molar-refractivity contribution in [1.82, 2.24) is 0 Å². The van der Waals surface area contributed by atoms with Crippen LogP contribution in [-0.2, 0) is 19.1 Å². The molecule has 0 saturated carbocycles. The summed E-state index contributed by atoms with van der Waals surface area (Å²) in [5.41, 5.74) is 0. The first-order valence-electron chi connectivity index (χ1n) is 17.0. The van der Waals surface area contributed by atoms with Crippen molar-refractivity contribution in [2.75, 3.05) is 13.2 Å². The molecule has 0 saturated heterocycles. The van der Waals surface area contributed by atoms with Crippen LogP contribution in [0.25, 0.3) is 0 Å². The Bertz CT molecular complexity index is 712. The van der Waals surface area contributed by atoms with Crippen LogP contribution in [0.1, 0.15) is 149 Å². The SMILES string of the molecule is CC/C=C/C/C=C/C=C/C(O)CCCCCCCC(=O)OC[C@H](O)COC(=O)CCCCCCCCCCCC(C)C. The van der Waals surface area contributed by atoms with Crippen molar-refractivity contribution in [2.24, 2.45) is 5.92 Å². The Labute approximate surface area is 258 Å². The summed E-state index contributed by atoms with van der Waals surface area (Å²) in [6, 6.07) is 0. The van der Waals surface area contributed by atoms with Crippen LogP contribution < -0.4 is 0 Å². The maximum Gasteiger partial charge on any atom is 0.305 e. The van der Waals surface area contributed by atoms with E-state index in [1.807, 2.05) is 18.2 Å². The topological polar surface area (TPSA) is 93.1 Å². The number of hydrogen-bond donors (Lipinski definition) is 2. The highest BCUT2D eigenvalue weighted by Gasteiger charge is 2.12. The molecule has 0 aromatic rings. The minimum Gasteiger partial charge on any atom is -0.463 e. The molecule has 0 bridgehead atoms. The van der Waals surface area contributed by atoms with E-state index in [4.69, 9.17) is 9.47 Å². The number of allylic oxidation sites excluding steroid dienone is 5. The number of carbonyl (C=O) groups excluding carboxylic acids is 2. The average molecular weight is 593 g/mol. The first-order valence-corrected chi connectivity index (χ1v) is 17.0. The maximum atomic E-state index is 11.9. The Balaban J connectivity index is 3.56. The second-order valence-corrected chi connectivity index (χ2v) is 11.9. The van der Waals surface area contributed by atoms with Gasteiger partial charge < -0.3 is 19.7 Å². The minimum absolute atomic E-state index is 0.142. The molecule has 244 valence electrons. The molecule has 6 heteroatoms. The fourth-order valence-corrected chi connectivity index (χ4v) is 4.57. The lowest BCUT2D eigenvalue weighted by Crippen LogP contribution is -2.25. The molecule has 0 rings (SSSR count). The molecule has 42 heavy (non-hydrogen) atoms. The summed E-state index contributed by atoms with van der Waals surface area (Å²) in [6.45, 7) is 6.38. The van der Waals surface area contributed by atoms with E-state index in [9.17, 15) is 19.8 Å². The Morgan fingerprint density at radius 3 is 1.60 bits per heavy atom. The van der Waals surface area contributed by atoms with E-state index in [1.165, 1.54) is 44.9 Å².